The van der Waals surface area contributed by atoms with Gasteiger partial charge in [-0.05, 0) is 49.5 Å². The first-order valence-corrected chi connectivity index (χ1v) is 11.0. The highest BCUT2D eigenvalue weighted by atomic mass is 32.2. The number of hydrogen-bond acceptors (Lipinski definition) is 5. The van der Waals surface area contributed by atoms with E-state index < -0.39 is 5.97 Å². The van der Waals surface area contributed by atoms with Gasteiger partial charge in [-0.25, -0.2) is 4.79 Å². The summed E-state index contributed by atoms with van der Waals surface area (Å²) in [7, 11) is 0. The highest BCUT2D eigenvalue weighted by molar-refractivity contribution is 8.03. The lowest BCUT2D eigenvalue weighted by molar-refractivity contribution is -0.132. The molecule has 0 aromatic rings. The van der Waals surface area contributed by atoms with Crippen molar-refractivity contribution in [2.24, 2.45) is 5.41 Å². The first-order chi connectivity index (χ1) is 12.7. The summed E-state index contributed by atoms with van der Waals surface area (Å²) >= 11 is 1.65. The molecule has 1 saturated heterocycles. The number of aliphatic carboxylic acids is 1. The molecule has 0 aromatic carbocycles. The zero-order valence-electron chi connectivity index (χ0n) is 17.7. The van der Waals surface area contributed by atoms with Gasteiger partial charge in [0.05, 0.1) is 23.8 Å². The lowest BCUT2D eigenvalue weighted by Crippen LogP contribution is -2.56. The topological polar surface area (TPSA) is 53.0 Å². The minimum Gasteiger partial charge on any atom is -0.478 e. The second-order valence-corrected chi connectivity index (χ2v) is 9.95. The third-order valence-corrected chi connectivity index (χ3v) is 6.17. The van der Waals surface area contributed by atoms with Crippen molar-refractivity contribution in [2.45, 2.75) is 66.6 Å². The maximum atomic E-state index is 12.0. The summed E-state index contributed by atoms with van der Waals surface area (Å²) in [4.78, 5) is 16.8. The third-order valence-electron chi connectivity index (χ3n) is 5.17. The van der Waals surface area contributed by atoms with Crippen molar-refractivity contribution >= 4 is 17.7 Å². The maximum absolute atomic E-state index is 12.0. The highest BCUT2D eigenvalue weighted by Crippen LogP contribution is 2.37. The molecule has 2 aliphatic rings. The average Bonchev–Trinajstić information content (AvgIpc) is 2.56. The number of nitrogens with zero attached hydrogens (tertiary/aromatic N) is 2. The van der Waals surface area contributed by atoms with Crippen LogP contribution in [-0.2, 0) is 9.53 Å². The summed E-state index contributed by atoms with van der Waals surface area (Å²) in [6.07, 6.45) is 4.40. The summed E-state index contributed by atoms with van der Waals surface area (Å²) in [6, 6.07) is 0.317. The van der Waals surface area contributed by atoms with Gasteiger partial charge < -0.3 is 14.7 Å². The molecule has 2 aliphatic heterocycles. The maximum Gasteiger partial charge on any atom is 0.338 e. The largest absolute Gasteiger partial charge is 0.478 e. The number of carboxylic acids is 1. The van der Waals surface area contributed by atoms with Gasteiger partial charge in [0.1, 0.15) is 6.17 Å². The monoisotopic (exact) mass is 396 g/mol. The van der Waals surface area contributed by atoms with Crippen LogP contribution in [0, 0.1) is 5.41 Å². The molecule has 0 radical (unpaired) electrons. The second-order valence-electron chi connectivity index (χ2n) is 8.70. The lowest BCUT2D eigenvalue weighted by atomic mass is 9.90. The Labute approximate surface area is 168 Å². The Morgan fingerprint density at radius 3 is 2.67 bits per heavy atom. The van der Waals surface area contributed by atoms with Crippen LogP contribution in [0.15, 0.2) is 22.3 Å². The van der Waals surface area contributed by atoms with Crippen LogP contribution in [0.5, 0.6) is 0 Å². The summed E-state index contributed by atoms with van der Waals surface area (Å²) in [5, 5.41) is 10.8. The van der Waals surface area contributed by atoms with E-state index in [1.807, 2.05) is 6.92 Å². The smallest absolute Gasteiger partial charge is 0.338 e. The molecule has 5 nitrogen and oxygen atoms in total. The molecule has 0 aromatic heterocycles. The summed E-state index contributed by atoms with van der Waals surface area (Å²) in [5.41, 5.74) is 1.62. The van der Waals surface area contributed by atoms with E-state index in [1.165, 1.54) is 0 Å². The lowest BCUT2D eigenvalue weighted by Gasteiger charge is -2.47. The first kappa shape index (κ1) is 22.3. The van der Waals surface area contributed by atoms with Crippen molar-refractivity contribution in [1.29, 1.82) is 0 Å². The van der Waals surface area contributed by atoms with Gasteiger partial charge in [0.15, 0.2) is 0 Å². The Bertz CT molecular complexity index is 595. The number of carbonyl (C=O) groups is 1. The Morgan fingerprint density at radius 1 is 1.41 bits per heavy atom. The van der Waals surface area contributed by atoms with Crippen LogP contribution >= 0.6 is 11.8 Å². The van der Waals surface area contributed by atoms with E-state index in [9.17, 15) is 9.90 Å². The van der Waals surface area contributed by atoms with E-state index >= 15 is 0 Å². The molecular weight excluding hydrogens is 360 g/mol. The first-order valence-electron chi connectivity index (χ1n) is 10.0. The molecule has 0 amide bonds. The number of hydrogen-bond donors (Lipinski definition) is 1. The zero-order chi connectivity index (χ0) is 20.2. The van der Waals surface area contributed by atoms with Gasteiger partial charge in [0.25, 0.3) is 0 Å². The number of carboxylic acid groups (broad SMARTS) is 1. The fourth-order valence-corrected chi connectivity index (χ4v) is 4.83. The normalized spacial score (nSPS) is 25.0. The van der Waals surface area contributed by atoms with Crippen LogP contribution in [-0.4, -0.2) is 65.1 Å². The third kappa shape index (κ3) is 5.75. The van der Waals surface area contributed by atoms with Gasteiger partial charge in [-0.2, -0.15) is 0 Å². The predicted octanol–water partition coefficient (Wildman–Crippen LogP) is 4.17. The molecule has 1 N–H and O–H groups in total. The van der Waals surface area contributed by atoms with Gasteiger partial charge >= 0.3 is 5.97 Å². The molecule has 0 bridgehead atoms. The number of ether oxygens (including phenoxy) is 1. The Morgan fingerprint density at radius 2 is 2.11 bits per heavy atom. The Hall–Kier alpha value is -0.980. The van der Waals surface area contributed by atoms with E-state index in [-0.39, 0.29) is 11.6 Å². The summed E-state index contributed by atoms with van der Waals surface area (Å²) in [6.45, 7) is 16.2. The molecule has 6 heteroatoms. The molecule has 2 rings (SSSR count). The summed E-state index contributed by atoms with van der Waals surface area (Å²) < 4.78 is 5.63. The summed E-state index contributed by atoms with van der Waals surface area (Å²) in [5.74, 6) is 0.0367. The van der Waals surface area contributed by atoms with Crippen molar-refractivity contribution in [3.63, 3.8) is 0 Å². The number of morpholine rings is 1. The van der Waals surface area contributed by atoms with Gasteiger partial charge in [-0.3, -0.25) is 4.90 Å². The van der Waals surface area contributed by atoms with Crippen molar-refractivity contribution in [1.82, 2.24) is 9.80 Å². The SMILES string of the molecule is CCSC1=C(C(=O)O)C(C)=CC(N2CCOC[C@H]2C)N1CCCC(C)(C)C. The minimum atomic E-state index is -0.825. The van der Waals surface area contributed by atoms with Crippen molar-refractivity contribution in [3.8, 4) is 0 Å². The van der Waals surface area contributed by atoms with E-state index in [4.69, 9.17) is 4.74 Å². The van der Waals surface area contributed by atoms with E-state index in [0.717, 1.165) is 55.5 Å². The van der Waals surface area contributed by atoms with Gasteiger partial charge in [-0.15, -0.1) is 11.8 Å². The van der Waals surface area contributed by atoms with E-state index in [0.29, 0.717) is 11.6 Å². The fourth-order valence-electron chi connectivity index (χ4n) is 3.80. The quantitative estimate of drug-likeness (QED) is 0.697. The minimum absolute atomic E-state index is 0.0982. The van der Waals surface area contributed by atoms with Crippen LogP contribution in [0.4, 0.5) is 0 Å². The highest BCUT2D eigenvalue weighted by Gasteiger charge is 2.36. The molecule has 0 aliphatic carbocycles. The molecule has 1 unspecified atom stereocenters. The molecular formula is C21H36N2O3S. The second kappa shape index (κ2) is 9.48. The van der Waals surface area contributed by atoms with Gasteiger partial charge in [-0.1, -0.05) is 27.7 Å². The molecule has 0 spiro atoms. The van der Waals surface area contributed by atoms with E-state index in [1.54, 1.807) is 11.8 Å². The molecule has 2 heterocycles. The van der Waals surface area contributed by atoms with Crippen molar-refractivity contribution < 1.29 is 14.6 Å². The van der Waals surface area contributed by atoms with Gasteiger partial charge in [0.2, 0.25) is 0 Å². The Kier molecular flexibility index (Phi) is 7.83. The van der Waals surface area contributed by atoms with Crippen LogP contribution in [0.2, 0.25) is 0 Å². The van der Waals surface area contributed by atoms with Crippen LogP contribution in [0.1, 0.15) is 54.4 Å². The van der Waals surface area contributed by atoms with Crippen LogP contribution in [0.3, 0.4) is 0 Å². The van der Waals surface area contributed by atoms with E-state index in [2.05, 4.69) is 50.5 Å². The standard InChI is InChI=1S/C21H36N2O3S/c1-7-27-19-18(20(24)25)15(2)13-17(22-11-12-26-14-16(22)3)23(19)10-8-9-21(4,5)6/h13,16-17H,7-12,14H2,1-6H3,(H,24,25)/t16-,17?/m1/s1. The predicted molar refractivity (Wildman–Crippen MR) is 113 cm³/mol. The molecule has 0 saturated carbocycles. The van der Waals surface area contributed by atoms with Crippen LogP contribution < -0.4 is 0 Å². The zero-order valence-corrected chi connectivity index (χ0v) is 18.6. The Balaban J connectivity index is 2.36. The number of rotatable bonds is 7. The molecule has 154 valence electrons. The fraction of sp³-hybridized carbons (Fsp3) is 0.762. The molecule has 2 atom stereocenters. The van der Waals surface area contributed by atoms with Gasteiger partial charge in [0, 0.05) is 19.1 Å². The average molecular weight is 397 g/mol. The molecule has 1 fully saturated rings. The van der Waals surface area contributed by atoms with Crippen LogP contribution in [0.25, 0.3) is 0 Å². The number of thioether (sulfide) groups is 1. The van der Waals surface area contributed by atoms with Crippen molar-refractivity contribution in [3.05, 3.63) is 22.3 Å². The molecule has 27 heavy (non-hydrogen) atoms. The van der Waals surface area contributed by atoms with Crippen molar-refractivity contribution in [2.75, 3.05) is 32.1 Å².